The van der Waals surface area contributed by atoms with E-state index in [2.05, 4.69) is 21.2 Å². The van der Waals surface area contributed by atoms with Gasteiger partial charge in [0.05, 0.1) is 16.0 Å². The second-order valence-corrected chi connectivity index (χ2v) is 5.82. The van der Waals surface area contributed by atoms with Gasteiger partial charge in [0.1, 0.15) is 29.7 Å². The van der Waals surface area contributed by atoms with Gasteiger partial charge in [-0.05, 0) is 41.5 Å². The van der Waals surface area contributed by atoms with E-state index >= 15 is 0 Å². The van der Waals surface area contributed by atoms with Gasteiger partial charge in [-0.2, -0.15) is 0 Å². The van der Waals surface area contributed by atoms with Gasteiger partial charge in [-0.15, -0.1) is 0 Å². The van der Waals surface area contributed by atoms with Crippen LogP contribution >= 0.6 is 27.5 Å². The van der Waals surface area contributed by atoms with Gasteiger partial charge in [0.2, 0.25) is 0 Å². The van der Waals surface area contributed by atoms with Crippen LogP contribution in [0.1, 0.15) is 24.0 Å². The third-order valence-electron chi connectivity index (χ3n) is 2.98. The predicted molar refractivity (Wildman–Crippen MR) is 84.3 cm³/mol. The van der Waals surface area contributed by atoms with E-state index in [1.807, 2.05) is 19.9 Å². The average Bonchev–Trinajstić information content (AvgIpc) is 2.79. The fourth-order valence-corrected chi connectivity index (χ4v) is 2.59. The van der Waals surface area contributed by atoms with Crippen LogP contribution in [-0.4, -0.2) is 6.54 Å². The van der Waals surface area contributed by atoms with Crippen molar-refractivity contribution in [3.8, 4) is 5.75 Å². The highest BCUT2D eigenvalue weighted by Crippen LogP contribution is 2.31. The minimum Gasteiger partial charge on any atom is -0.487 e. The molecule has 0 bridgehead atoms. The van der Waals surface area contributed by atoms with Crippen molar-refractivity contribution in [2.24, 2.45) is 0 Å². The largest absolute Gasteiger partial charge is 0.487 e. The Morgan fingerprint density at radius 3 is 2.86 bits per heavy atom. The first-order valence-corrected chi connectivity index (χ1v) is 7.74. The van der Waals surface area contributed by atoms with Crippen molar-refractivity contribution in [3.63, 3.8) is 0 Å². The summed E-state index contributed by atoms with van der Waals surface area (Å²) in [5.41, 5.74) is 0.935. The number of furan rings is 1. The first-order valence-electron chi connectivity index (χ1n) is 6.57. The van der Waals surface area contributed by atoms with Crippen molar-refractivity contribution >= 4 is 27.5 Å². The third-order valence-corrected chi connectivity index (χ3v) is 3.89. The zero-order valence-electron chi connectivity index (χ0n) is 11.8. The highest BCUT2D eigenvalue weighted by molar-refractivity contribution is 9.10. The van der Waals surface area contributed by atoms with Crippen LogP contribution in [0.4, 0.5) is 4.39 Å². The van der Waals surface area contributed by atoms with Crippen LogP contribution in [0.15, 0.2) is 27.1 Å². The molecule has 2 aromatic rings. The third kappa shape index (κ3) is 4.22. The molecule has 114 valence electrons. The van der Waals surface area contributed by atoms with E-state index in [-0.39, 0.29) is 5.02 Å². The normalized spacial score (nSPS) is 10.9. The van der Waals surface area contributed by atoms with Crippen LogP contribution in [-0.2, 0) is 13.2 Å². The molecule has 0 saturated heterocycles. The van der Waals surface area contributed by atoms with Crippen LogP contribution < -0.4 is 10.1 Å². The van der Waals surface area contributed by atoms with E-state index < -0.39 is 5.82 Å². The molecule has 1 heterocycles. The number of rotatable bonds is 6. The number of aryl methyl sites for hydroxylation is 1. The Kier molecular flexibility index (Phi) is 5.67. The molecule has 21 heavy (non-hydrogen) atoms. The highest BCUT2D eigenvalue weighted by atomic mass is 79.9. The summed E-state index contributed by atoms with van der Waals surface area (Å²) < 4.78 is 25.3. The zero-order valence-corrected chi connectivity index (χ0v) is 14.1. The number of ether oxygens (including phenoxy) is 1. The molecule has 1 aromatic heterocycles. The SMILES string of the molecule is CCNCc1cc(COc2cc(F)c(Cl)cc2Br)c(C)o1. The molecular weight excluding hydrogens is 361 g/mol. The van der Waals surface area contributed by atoms with Gasteiger partial charge in [0.15, 0.2) is 0 Å². The van der Waals surface area contributed by atoms with E-state index in [1.165, 1.54) is 12.1 Å². The summed E-state index contributed by atoms with van der Waals surface area (Å²) in [5.74, 6) is 1.56. The van der Waals surface area contributed by atoms with Gasteiger partial charge in [-0.1, -0.05) is 18.5 Å². The topological polar surface area (TPSA) is 34.4 Å². The molecule has 0 atom stereocenters. The Bertz CT molecular complexity index is 630. The monoisotopic (exact) mass is 375 g/mol. The molecule has 0 unspecified atom stereocenters. The Morgan fingerprint density at radius 1 is 1.38 bits per heavy atom. The summed E-state index contributed by atoms with van der Waals surface area (Å²) >= 11 is 9.00. The Balaban J connectivity index is 2.06. The van der Waals surface area contributed by atoms with Gasteiger partial charge in [0, 0.05) is 11.6 Å². The minimum atomic E-state index is -0.508. The molecule has 1 aromatic carbocycles. The van der Waals surface area contributed by atoms with Crippen LogP contribution in [0.5, 0.6) is 5.75 Å². The molecule has 0 saturated carbocycles. The lowest BCUT2D eigenvalue weighted by Gasteiger charge is -2.08. The molecule has 1 N–H and O–H groups in total. The molecule has 2 rings (SSSR count). The highest BCUT2D eigenvalue weighted by Gasteiger charge is 2.11. The number of benzene rings is 1. The second kappa shape index (κ2) is 7.29. The van der Waals surface area contributed by atoms with Gasteiger partial charge < -0.3 is 14.5 Å². The maximum Gasteiger partial charge on any atom is 0.145 e. The summed E-state index contributed by atoms with van der Waals surface area (Å²) in [5, 5.41) is 3.25. The van der Waals surface area contributed by atoms with Gasteiger partial charge in [0.25, 0.3) is 0 Å². The predicted octanol–water partition coefficient (Wildman–Crippen LogP) is 4.83. The maximum absolute atomic E-state index is 13.4. The standard InChI is InChI=1S/C15H16BrClFNO2/c1-3-19-7-11-4-10(9(2)21-11)8-20-15-6-14(18)13(17)5-12(15)16/h4-6,19H,3,7-8H2,1-2H3. The lowest BCUT2D eigenvalue weighted by Crippen LogP contribution is -2.10. The molecular formula is C15H16BrClFNO2. The van der Waals surface area contributed by atoms with Crippen LogP contribution in [0.3, 0.4) is 0 Å². The molecule has 6 heteroatoms. The summed E-state index contributed by atoms with van der Waals surface area (Å²) in [6, 6.07) is 4.69. The van der Waals surface area contributed by atoms with Crippen molar-refractivity contribution in [1.29, 1.82) is 0 Å². The number of hydrogen-bond acceptors (Lipinski definition) is 3. The second-order valence-electron chi connectivity index (χ2n) is 4.56. The van der Waals surface area contributed by atoms with Gasteiger partial charge in [-0.3, -0.25) is 0 Å². The van der Waals surface area contributed by atoms with Crippen molar-refractivity contribution in [3.05, 3.63) is 50.6 Å². The molecule has 0 aliphatic rings. The Hall–Kier alpha value is -1.04. The van der Waals surface area contributed by atoms with E-state index in [1.54, 1.807) is 0 Å². The first kappa shape index (κ1) is 16.3. The first-order chi connectivity index (χ1) is 10.0. The quantitative estimate of drug-likeness (QED) is 0.733. The molecule has 3 nitrogen and oxygen atoms in total. The Morgan fingerprint density at radius 2 is 2.14 bits per heavy atom. The molecule has 0 fully saturated rings. The summed E-state index contributed by atoms with van der Waals surface area (Å²) in [4.78, 5) is 0. The van der Waals surface area contributed by atoms with Crippen molar-refractivity contribution in [2.45, 2.75) is 27.0 Å². The van der Waals surface area contributed by atoms with Gasteiger partial charge in [-0.25, -0.2) is 4.39 Å². The lowest BCUT2D eigenvalue weighted by atomic mass is 10.2. The van der Waals surface area contributed by atoms with E-state index in [4.69, 9.17) is 20.8 Å². The molecule has 0 radical (unpaired) electrons. The van der Waals surface area contributed by atoms with Gasteiger partial charge >= 0.3 is 0 Å². The zero-order chi connectivity index (χ0) is 15.4. The van der Waals surface area contributed by atoms with Crippen LogP contribution in [0.2, 0.25) is 5.02 Å². The van der Waals surface area contributed by atoms with E-state index in [0.717, 1.165) is 23.6 Å². The summed E-state index contributed by atoms with van der Waals surface area (Å²) in [6.07, 6.45) is 0. The fraction of sp³-hybridized carbons (Fsp3) is 0.333. The van der Waals surface area contributed by atoms with Crippen molar-refractivity contribution in [2.75, 3.05) is 6.54 Å². The van der Waals surface area contributed by atoms with Crippen molar-refractivity contribution in [1.82, 2.24) is 5.32 Å². The van der Waals surface area contributed by atoms with Crippen LogP contribution in [0, 0.1) is 12.7 Å². The van der Waals surface area contributed by atoms with Crippen LogP contribution in [0.25, 0.3) is 0 Å². The van der Waals surface area contributed by atoms with Crippen molar-refractivity contribution < 1.29 is 13.5 Å². The lowest BCUT2D eigenvalue weighted by molar-refractivity contribution is 0.299. The molecule has 0 aliphatic heterocycles. The fourth-order valence-electron chi connectivity index (χ4n) is 1.84. The summed E-state index contributed by atoms with van der Waals surface area (Å²) in [6.45, 7) is 5.78. The molecule has 0 aliphatic carbocycles. The maximum atomic E-state index is 13.4. The average molecular weight is 377 g/mol. The Labute approximate surface area is 136 Å². The number of halogens is 3. The molecule has 0 amide bonds. The smallest absolute Gasteiger partial charge is 0.145 e. The summed E-state index contributed by atoms with van der Waals surface area (Å²) in [7, 11) is 0. The molecule has 0 spiro atoms. The van der Waals surface area contributed by atoms with E-state index in [0.29, 0.717) is 23.4 Å². The number of nitrogens with one attached hydrogen (secondary N) is 1. The minimum absolute atomic E-state index is 0.0571. The number of hydrogen-bond donors (Lipinski definition) is 1. The van der Waals surface area contributed by atoms with E-state index in [9.17, 15) is 4.39 Å².